The molecule has 1 aliphatic rings. The second-order valence-electron chi connectivity index (χ2n) is 8.13. The smallest absolute Gasteiger partial charge is 0.227 e. The fourth-order valence-electron chi connectivity index (χ4n) is 3.70. The molecule has 26 heavy (non-hydrogen) atoms. The molecule has 3 rings (SSSR count). The Hall–Kier alpha value is -2.43. The number of amides is 1. The Bertz CT molecular complexity index is 801. The molecule has 0 bridgehead atoms. The SMILES string of the molecule is CC(C)=C[C@@H]1[C@H](C(=O)N(C)[C@@H](C)c2ccc(-n3cncn3)cc2)C1(C)C. The highest BCUT2D eigenvalue weighted by molar-refractivity contribution is 5.84. The molecule has 3 atom stereocenters. The van der Waals surface area contributed by atoms with Crippen molar-refractivity contribution < 1.29 is 4.79 Å². The van der Waals surface area contributed by atoms with Crippen molar-refractivity contribution in [1.82, 2.24) is 19.7 Å². The van der Waals surface area contributed by atoms with Gasteiger partial charge in [-0.05, 0) is 49.8 Å². The molecule has 0 aliphatic heterocycles. The summed E-state index contributed by atoms with van der Waals surface area (Å²) >= 11 is 0. The Balaban J connectivity index is 1.72. The van der Waals surface area contributed by atoms with Crippen molar-refractivity contribution in [2.75, 3.05) is 7.05 Å². The molecule has 1 amide bonds. The van der Waals surface area contributed by atoms with E-state index in [1.807, 2.05) is 24.1 Å². The van der Waals surface area contributed by atoms with Crippen LogP contribution in [0.25, 0.3) is 5.69 Å². The number of carbonyl (C=O) groups is 1. The standard InChI is InChI=1S/C21H28N4O/c1-14(2)11-18-19(21(18,4)5)20(26)24(6)15(3)16-7-9-17(10-8-16)25-13-22-12-23-25/h7-13,15,18-19H,1-6H3/t15-,18+,19+/m0/s1. The van der Waals surface area contributed by atoms with Gasteiger partial charge in [0.25, 0.3) is 0 Å². The van der Waals surface area contributed by atoms with Crippen LogP contribution in [0.1, 0.15) is 46.2 Å². The maximum Gasteiger partial charge on any atom is 0.227 e. The first-order chi connectivity index (χ1) is 12.2. The van der Waals surface area contributed by atoms with Crippen molar-refractivity contribution in [3.8, 4) is 5.69 Å². The highest BCUT2D eigenvalue weighted by Gasteiger charge is 2.61. The first kappa shape index (κ1) is 18.4. The van der Waals surface area contributed by atoms with Gasteiger partial charge in [0.15, 0.2) is 0 Å². The van der Waals surface area contributed by atoms with E-state index in [1.165, 1.54) is 11.9 Å². The van der Waals surface area contributed by atoms with Crippen LogP contribution in [0.15, 0.2) is 48.6 Å². The molecule has 5 nitrogen and oxygen atoms in total. The fourth-order valence-corrected chi connectivity index (χ4v) is 3.70. The average molecular weight is 352 g/mol. The van der Waals surface area contributed by atoms with Gasteiger partial charge < -0.3 is 4.90 Å². The molecule has 1 fully saturated rings. The van der Waals surface area contributed by atoms with Gasteiger partial charge in [-0.25, -0.2) is 9.67 Å². The van der Waals surface area contributed by atoms with E-state index in [4.69, 9.17) is 0 Å². The molecule has 138 valence electrons. The number of aromatic nitrogens is 3. The third kappa shape index (κ3) is 3.30. The molecule has 5 heteroatoms. The topological polar surface area (TPSA) is 51.0 Å². The zero-order valence-electron chi connectivity index (χ0n) is 16.5. The highest BCUT2D eigenvalue weighted by Crippen LogP contribution is 2.60. The number of hydrogen-bond donors (Lipinski definition) is 0. The summed E-state index contributed by atoms with van der Waals surface area (Å²) in [5.74, 6) is 0.633. The highest BCUT2D eigenvalue weighted by atomic mass is 16.2. The van der Waals surface area contributed by atoms with E-state index in [2.05, 4.69) is 62.9 Å². The Kier molecular flexibility index (Phi) is 4.74. The zero-order valence-corrected chi connectivity index (χ0v) is 16.5. The lowest BCUT2D eigenvalue weighted by molar-refractivity contribution is -0.134. The van der Waals surface area contributed by atoms with E-state index in [1.54, 1.807) is 11.0 Å². The Morgan fingerprint density at radius 1 is 1.27 bits per heavy atom. The minimum atomic E-state index is 0.0241. The molecule has 1 heterocycles. The van der Waals surface area contributed by atoms with Crippen LogP contribution in [-0.4, -0.2) is 32.6 Å². The quantitative estimate of drug-likeness (QED) is 0.764. The zero-order chi connectivity index (χ0) is 19.1. The first-order valence-electron chi connectivity index (χ1n) is 9.10. The minimum absolute atomic E-state index is 0.0241. The lowest BCUT2D eigenvalue weighted by Crippen LogP contribution is -2.32. The van der Waals surface area contributed by atoms with E-state index in [9.17, 15) is 4.79 Å². The maximum absolute atomic E-state index is 13.1. The molecule has 1 aromatic heterocycles. The summed E-state index contributed by atoms with van der Waals surface area (Å²) in [5.41, 5.74) is 3.39. The molecular formula is C21H28N4O. The van der Waals surface area contributed by atoms with E-state index >= 15 is 0 Å². The summed E-state index contributed by atoms with van der Waals surface area (Å²) in [6, 6.07) is 8.14. The van der Waals surface area contributed by atoms with E-state index < -0.39 is 0 Å². The molecule has 0 saturated heterocycles. The Morgan fingerprint density at radius 3 is 2.46 bits per heavy atom. The number of nitrogens with zero attached hydrogens (tertiary/aromatic N) is 4. The van der Waals surface area contributed by atoms with Crippen LogP contribution in [0.5, 0.6) is 0 Å². The number of rotatable bonds is 5. The first-order valence-corrected chi connectivity index (χ1v) is 9.10. The van der Waals surface area contributed by atoms with Gasteiger partial charge in [-0.1, -0.05) is 37.6 Å². The van der Waals surface area contributed by atoms with Gasteiger partial charge in [-0.2, -0.15) is 5.10 Å². The lowest BCUT2D eigenvalue weighted by Gasteiger charge is -2.26. The number of allylic oxidation sites excluding steroid dienone is 2. The summed E-state index contributed by atoms with van der Waals surface area (Å²) in [4.78, 5) is 18.9. The van der Waals surface area contributed by atoms with Gasteiger partial charge in [-0.3, -0.25) is 4.79 Å². The third-order valence-electron chi connectivity index (χ3n) is 5.68. The largest absolute Gasteiger partial charge is 0.339 e. The third-order valence-corrected chi connectivity index (χ3v) is 5.68. The van der Waals surface area contributed by atoms with Gasteiger partial charge in [0.1, 0.15) is 12.7 Å². The van der Waals surface area contributed by atoms with Gasteiger partial charge in [0.05, 0.1) is 17.6 Å². The average Bonchev–Trinajstić information content (AvgIpc) is 2.98. The van der Waals surface area contributed by atoms with Gasteiger partial charge in [0.2, 0.25) is 5.91 Å². The van der Waals surface area contributed by atoms with Crippen LogP contribution >= 0.6 is 0 Å². The van der Waals surface area contributed by atoms with Gasteiger partial charge in [-0.15, -0.1) is 0 Å². The van der Waals surface area contributed by atoms with Crippen LogP contribution in [0.3, 0.4) is 0 Å². The summed E-state index contributed by atoms with van der Waals surface area (Å²) in [6.07, 6.45) is 5.43. The summed E-state index contributed by atoms with van der Waals surface area (Å²) in [7, 11) is 1.91. The Labute approximate surface area is 155 Å². The van der Waals surface area contributed by atoms with Crippen LogP contribution in [-0.2, 0) is 4.79 Å². The normalized spacial score (nSPS) is 21.8. The molecule has 2 aromatic rings. The van der Waals surface area contributed by atoms with Gasteiger partial charge >= 0.3 is 0 Å². The molecule has 0 unspecified atom stereocenters. The molecule has 1 saturated carbocycles. The number of benzene rings is 1. The predicted molar refractivity (Wildman–Crippen MR) is 103 cm³/mol. The monoisotopic (exact) mass is 352 g/mol. The van der Waals surface area contributed by atoms with E-state index in [0.29, 0.717) is 5.92 Å². The predicted octanol–water partition coefficient (Wildman–Crippen LogP) is 4.03. The van der Waals surface area contributed by atoms with Crippen molar-refractivity contribution in [2.24, 2.45) is 17.3 Å². The summed E-state index contributed by atoms with van der Waals surface area (Å²) in [5, 5.41) is 4.14. The number of carbonyl (C=O) groups excluding carboxylic acids is 1. The minimum Gasteiger partial charge on any atom is -0.339 e. The molecule has 0 radical (unpaired) electrons. The van der Waals surface area contributed by atoms with Crippen molar-refractivity contribution >= 4 is 5.91 Å². The Morgan fingerprint density at radius 2 is 1.92 bits per heavy atom. The number of hydrogen-bond acceptors (Lipinski definition) is 3. The van der Waals surface area contributed by atoms with Crippen molar-refractivity contribution in [1.29, 1.82) is 0 Å². The van der Waals surface area contributed by atoms with Crippen LogP contribution in [0.4, 0.5) is 0 Å². The van der Waals surface area contributed by atoms with Crippen molar-refractivity contribution in [3.63, 3.8) is 0 Å². The van der Waals surface area contributed by atoms with Crippen LogP contribution < -0.4 is 0 Å². The second kappa shape index (κ2) is 6.71. The second-order valence-corrected chi connectivity index (χ2v) is 8.13. The van der Waals surface area contributed by atoms with E-state index in [0.717, 1.165) is 11.3 Å². The lowest BCUT2D eigenvalue weighted by atomic mass is 10.0. The van der Waals surface area contributed by atoms with Crippen molar-refractivity contribution in [2.45, 2.75) is 40.7 Å². The molecule has 1 aliphatic carbocycles. The molecular weight excluding hydrogens is 324 g/mol. The van der Waals surface area contributed by atoms with E-state index in [-0.39, 0.29) is 23.3 Å². The summed E-state index contributed by atoms with van der Waals surface area (Å²) in [6.45, 7) is 10.6. The van der Waals surface area contributed by atoms with Crippen LogP contribution in [0, 0.1) is 17.3 Å². The fraction of sp³-hybridized carbons (Fsp3) is 0.476. The molecule has 1 aromatic carbocycles. The summed E-state index contributed by atoms with van der Waals surface area (Å²) < 4.78 is 1.72. The van der Waals surface area contributed by atoms with Crippen LogP contribution in [0.2, 0.25) is 0 Å². The van der Waals surface area contributed by atoms with Gasteiger partial charge in [0, 0.05) is 7.05 Å². The molecule has 0 spiro atoms. The maximum atomic E-state index is 13.1. The van der Waals surface area contributed by atoms with Crippen molar-refractivity contribution in [3.05, 3.63) is 54.1 Å². The molecule has 0 N–H and O–H groups in total.